The Hall–Kier alpha value is -0.780. The molecule has 0 aliphatic rings. The zero-order chi connectivity index (χ0) is 14.0. The van der Waals surface area contributed by atoms with Crippen LogP contribution in [0.15, 0.2) is 45.3 Å². The number of rotatable bonds is 3. The van der Waals surface area contributed by atoms with Crippen molar-refractivity contribution in [2.24, 2.45) is 0 Å². The second-order valence-corrected chi connectivity index (χ2v) is 5.84. The summed E-state index contributed by atoms with van der Waals surface area (Å²) in [5, 5.41) is 10.1. The van der Waals surface area contributed by atoms with Gasteiger partial charge >= 0.3 is 0 Å². The third-order valence-corrected chi connectivity index (χ3v) is 4.06. The van der Waals surface area contributed by atoms with Crippen molar-refractivity contribution in [3.63, 3.8) is 0 Å². The molecule has 100 valence electrons. The van der Waals surface area contributed by atoms with Crippen molar-refractivity contribution in [2.75, 3.05) is 0 Å². The summed E-state index contributed by atoms with van der Waals surface area (Å²) in [6.07, 6.45) is -0.580. The SMILES string of the molecule is OC(Cc1ccc(F)c(Br)c1)c1cc(F)ccc1Br. The minimum Gasteiger partial charge on any atom is -0.388 e. The molecular formula is C14H10Br2F2O. The van der Waals surface area contributed by atoms with Gasteiger partial charge in [0.05, 0.1) is 10.6 Å². The first-order chi connectivity index (χ1) is 8.97. The Morgan fingerprint density at radius 2 is 1.74 bits per heavy atom. The molecule has 0 saturated carbocycles. The Balaban J connectivity index is 2.22. The fourth-order valence-electron chi connectivity index (χ4n) is 1.77. The summed E-state index contributed by atoms with van der Waals surface area (Å²) in [6, 6.07) is 8.67. The molecule has 1 nitrogen and oxygen atoms in total. The Morgan fingerprint density at radius 1 is 1.00 bits per heavy atom. The summed E-state index contributed by atoms with van der Waals surface area (Å²) in [6.45, 7) is 0. The van der Waals surface area contributed by atoms with Crippen LogP contribution >= 0.6 is 31.9 Å². The van der Waals surface area contributed by atoms with Gasteiger partial charge in [0.25, 0.3) is 0 Å². The quantitative estimate of drug-likeness (QED) is 0.799. The molecule has 0 saturated heterocycles. The highest BCUT2D eigenvalue weighted by Gasteiger charge is 2.14. The molecule has 0 aliphatic carbocycles. The van der Waals surface area contributed by atoms with Crippen molar-refractivity contribution in [1.29, 1.82) is 0 Å². The summed E-state index contributed by atoms with van der Waals surface area (Å²) in [7, 11) is 0. The van der Waals surface area contributed by atoms with E-state index in [4.69, 9.17) is 0 Å². The van der Waals surface area contributed by atoms with Crippen LogP contribution in [0.5, 0.6) is 0 Å². The van der Waals surface area contributed by atoms with Crippen LogP contribution in [0.1, 0.15) is 17.2 Å². The van der Waals surface area contributed by atoms with Gasteiger partial charge in [-0.15, -0.1) is 0 Å². The monoisotopic (exact) mass is 390 g/mol. The number of aliphatic hydroxyl groups is 1. The van der Waals surface area contributed by atoms with Gasteiger partial charge in [0.15, 0.2) is 0 Å². The van der Waals surface area contributed by atoms with E-state index in [0.717, 1.165) is 5.56 Å². The van der Waals surface area contributed by atoms with Gasteiger partial charge in [-0.1, -0.05) is 22.0 Å². The molecule has 0 radical (unpaired) electrons. The number of halogens is 4. The number of aliphatic hydroxyl groups excluding tert-OH is 1. The lowest BCUT2D eigenvalue weighted by atomic mass is 10.0. The maximum atomic E-state index is 13.2. The average Bonchev–Trinajstić information content (AvgIpc) is 2.36. The molecule has 1 N–H and O–H groups in total. The Kier molecular flexibility index (Phi) is 4.71. The second kappa shape index (κ2) is 6.11. The van der Waals surface area contributed by atoms with Gasteiger partial charge in [-0.2, -0.15) is 0 Å². The molecule has 0 aliphatic heterocycles. The van der Waals surface area contributed by atoms with Crippen molar-refractivity contribution in [1.82, 2.24) is 0 Å². The first-order valence-electron chi connectivity index (χ1n) is 5.54. The second-order valence-electron chi connectivity index (χ2n) is 4.13. The van der Waals surface area contributed by atoms with E-state index in [1.165, 1.54) is 18.2 Å². The van der Waals surface area contributed by atoms with Gasteiger partial charge in [0.1, 0.15) is 11.6 Å². The molecule has 0 spiro atoms. The standard InChI is InChI=1S/C14H10Br2F2O/c15-11-3-2-9(17)7-10(11)14(19)6-8-1-4-13(18)12(16)5-8/h1-5,7,14,19H,6H2. The zero-order valence-electron chi connectivity index (χ0n) is 9.71. The molecular weight excluding hydrogens is 382 g/mol. The third kappa shape index (κ3) is 3.61. The van der Waals surface area contributed by atoms with Crippen LogP contribution in [0.4, 0.5) is 8.78 Å². The fourth-order valence-corrected chi connectivity index (χ4v) is 2.71. The lowest BCUT2D eigenvalue weighted by molar-refractivity contribution is 0.177. The number of hydrogen-bond donors (Lipinski definition) is 1. The van der Waals surface area contributed by atoms with Gasteiger partial charge in [-0.05, 0) is 57.4 Å². The Morgan fingerprint density at radius 3 is 2.42 bits per heavy atom. The maximum Gasteiger partial charge on any atom is 0.137 e. The lowest BCUT2D eigenvalue weighted by Crippen LogP contribution is -2.03. The molecule has 0 heterocycles. The minimum absolute atomic E-state index is 0.279. The van der Waals surface area contributed by atoms with E-state index in [1.54, 1.807) is 18.2 Å². The van der Waals surface area contributed by atoms with Crippen LogP contribution in [-0.4, -0.2) is 5.11 Å². The van der Waals surface area contributed by atoms with E-state index < -0.39 is 11.9 Å². The summed E-state index contributed by atoms with van der Waals surface area (Å²) in [4.78, 5) is 0. The van der Waals surface area contributed by atoms with Crippen molar-refractivity contribution >= 4 is 31.9 Å². The first kappa shape index (κ1) is 14.6. The average molecular weight is 392 g/mol. The molecule has 1 atom stereocenters. The van der Waals surface area contributed by atoms with Gasteiger partial charge in [0.2, 0.25) is 0 Å². The highest BCUT2D eigenvalue weighted by atomic mass is 79.9. The van der Waals surface area contributed by atoms with Crippen LogP contribution in [0, 0.1) is 11.6 Å². The van der Waals surface area contributed by atoms with E-state index in [0.29, 0.717) is 14.5 Å². The van der Waals surface area contributed by atoms with Gasteiger partial charge < -0.3 is 5.11 Å². The van der Waals surface area contributed by atoms with E-state index in [2.05, 4.69) is 31.9 Å². The molecule has 0 bridgehead atoms. The van der Waals surface area contributed by atoms with Crippen LogP contribution in [0.25, 0.3) is 0 Å². The highest BCUT2D eigenvalue weighted by Crippen LogP contribution is 2.28. The maximum absolute atomic E-state index is 13.2. The van der Waals surface area contributed by atoms with Gasteiger partial charge in [-0.3, -0.25) is 0 Å². The Labute approximate surface area is 126 Å². The summed E-state index contributed by atoms with van der Waals surface area (Å²) >= 11 is 6.37. The van der Waals surface area contributed by atoms with Crippen LogP contribution in [0.3, 0.4) is 0 Å². The Bertz CT molecular complexity index is 602. The molecule has 0 amide bonds. The third-order valence-electron chi connectivity index (χ3n) is 2.73. The van der Waals surface area contributed by atoms with Crippen LogP contribution < -0.4 is 0 Å². The first-order valence-corrected chi connectivity index (χ1v) is 7.13. The highest BCUT2D eigenvalue weighted by molar-refractivity contribution is 9.10. The molecule has 0 aromatic heterocycles. The van der Waals surface area contributed by atoms with Crippen molar-refractivity contribution in [2.45, 2.75) is 12.5 Å². The molecule has 19 heavy (non-hydrogen) atoms. The van der Waals surface area contributed by atoms with Crippen molar-refractivity contribution < 1.29 is 13.9 Å². The molecule has 2 rings (SSSR count). The molecule has 5 heteroatoms. The smallest absolute Gasteiger partial charge is 0.137 e. The van der Waals surface area contributed by atoms with Crippen molar-refractivity contribution in [3.8, 4) is 0 Å². The van der Waals surface area contributed by atoms with Crippen molar-refractivity contribution in [3.05, 3.63) is 68.1 Å². The molecule has 0 fully saturated rings. The van der Waals surface area contributed by atoms with E-state index in [9.17, 15) is 13.9 Å². The fraction of sp³-hybridized carbons (Fsp3) is 0.143. The molecule has 2 aromatic carbocycles. The zero-order valence-corrected chi connectivity index (χ0v) is 12.9. The van der Waals surface area contributed by atoms with Crippen LogP contribution in [0.2, 0.25) is 0 Å². The van der Waals surface area contributed by atoms with E-state index in [1.807, 2.05) is 0 Å². The molecule has 1 unspecified atom stereocenters. The summed E-state index contributed by atoms with van der Waals surface area (Å²) in [5.74, 6) is -0.761. The predicted molar refractivity (Wildman–Crippen MR) is 76.9 cm³/mol. The molecule has 2 aromatic rings. The topological polar surface area (TPSA) is 20.2 Å². The number of benzene rings is 2. The van der Waals surface area contributed by atoms with Crippen LogP contribution in [-0.2, 0) is 6.42 Å². The summed E-state index contributed by atoms with van der Waals surface area (Å²) < 4.78 is 27.3. The van der Waals surface area contributed by atoms with E-state index in [-0.39, 0.29) is 12.2 Å². The van der Waals surface area contributed by atoms with E-state index >= 15 is 0 Å². The normalized spacial score (nSPS) is 12.5. The predicted octanol–water partition coefficient (Wildman–Crippen LogP) is 4.77. The largest absolute Gasteiger partial charge is 0.388 e. The van der Waals surface area contributed by atoms with Gasteiger partial charge in [-0.25, -0.2) is 8.78 Å². The van der Waals surface area contributed by atoms with Gasteiger partial charge in [0, 0.05) is 10.9 Å². The minimum atomic E-state index is -0.859. The number of hydrogen-bond acceptors (Lipinski definition) is 1. The lowest BCUT2D eigenvalue weighted by Gasteiger charge is -2.13. The summed E-state index contributed by atoms with van der Waals surface area (Å²) in [5.41, 5.74) is 1.23.